The fourth-order valence-corrected chi connectivity index (χ4v) is 1.50. The third kappa shape index (κ3) is 2.26. The van der Waals surface area contributed by atoms with Crippen LogP contribution >= 0.6 is 0 Å². The predicted molar refractivity (Wildman–Crippen MR) is 60.5 cm³/mol. The van der Waals surface area contributed by atoms with E-state index in [1.54, 1.807) is 0 Å². The lowest BCUT2D eigenvalue weighted by molar-refractivity contribution is 0.282. The topological polar surface area (TPSA) is 23.5 Å². The summed E-state index contributed by atoms with van der Waals surface area (Å²) in [6.07, 6.45) is 1.11. The van der Waals surface area contributed by atoms with Gasteiger partial charge in [0.05, 0.1) is 6.61 Å². The van der Waals surface area contributed by atoms with Crippen molar-refractivity contribution in [1.29, 1.82) is 0 Å². The van der Waals surface area contributed by atoms with Crippen molar-refractivity contribution in [3.63, 3.8) is 0 Å². The summed E-state index contributed by atoms with van der Waals surface area (Å²) in [4.78, 5) is 2.21. The highest BCUT2D eigenvalue weighted by atomic mass is 16.3. The SMILES string of the molecule is CCC(C)N(C)c1ccccc1CO. The summed E-state index contributed by atoms with van der Waals surface area (Å²) in [7, 11) is 2.07. The zero-order chi connectivity index (χ0) is 10.6. The van der Waals surface area contributed by atoms with Crippen molar-refractivity contribution in [2.45, 2.75) is 32.9 Å². The highest BCUT2D eigenvalue weighted by Gasteiger charge is 2.10. The van der Waals surface area contributed by atoms with Crippen LogP contribution in [-0.2, 0) is 6.61 Å². The molecule has 0 aliphatic heterocycles. The van der Waals surface area contributed by atoms with E-state index in [1.807, 2.05) is 18.2 Å². The lowest BCUT2D eigenvalue weighted by Crippen LogP contribution is -2.28. The molecule has 2 heteroatoms. The smallest absolute Gasteiger partial charge is 0.0702 e. The van der Waals surface area contributed by atoms with Gasteiger partial charge in [-0.3, -0.25) is 0 Å². The molecular weight excluding hydrogens is 174 g/mol. The van der Waals surface area contributed by atoms with Crippen LogP contribution in [0.4, 0.5) is 5.69 Å². The predicted octanol–water partition coefficient (Wildman–Crippen LogP) is 2.41. The van der Waals surface area contributed by atoms with Gasteiger partial charge in [0.15, 0.2) is 0 Å². The van der Waals surface area contributed by atoms with Crippen molar-refractivity contribution < 1.29 is 5.11 Å². The Hall–Kier alpha value is -1.02. The second-order valence-corrected chi connectivity index (χ2v) is 3.66. The fourth-order valence-electron chi connectivity index (χ4n) is 1.50. The maximum absolute atomic E-state index is 9.20. The van der Waals surface area contributed by atoms with Gasteiger partial charge in [0.1, 0.15) is 0 Å². The van der Waals surface area contributed by atoms with Gasteiger partial charge >= 0.3 is 0 Å². The Morgan fingerprint density at radius 3 is 2.57 bits per heavy atom. The zero-order valence-electron chi connectivity index (χ0n) is 9.20. The first kappa shape index (κ1) is 11.1. The van der Waals surface area contributed by atoms with Crippen LogP contribution in [0.3, 0.4) is 0 Å². The van der Waals surface area contributed by atoms with Crippen LogP contribution in [0.5, 0.6) is 0 Å². The molecule has 0 aliphatic carbocycles. The number of benzene rings is 1. The fraction of sp³-hybridized carbons (Fsp3) is 0.500. The summed E-state index contributed by atoms with van der Waals surface area (Å²) in [5.41, 5.74) is 2.12. The number of aliphatic hydroxyl groups is 1. The largest absolute Gasteiger partial charge is 0.392 e. The van der Waals surface area contributed by atoms with Crippen LogP contribution < -0.4 is 4.90 Å². The van der Waals surface area contributed by atoms with E-state index in [2.05, 4.69) is 31.9 Å². The van der Waals surface area contributed by atoms with Crippen molar-refractivity contribution in [1.82, 2.24) is 0 Å². The number of nitrogens with zero attached hydrogens (tertiary/aromatic N) is 1. The Morgan fingerprint density at radius 2 is 2.00 bits per heavy atom. The van der Waals surface area contributed by atoms with E-state index in [0.717, 1.165) is 17.7 Å². The normalized spacial score (nSPS) is 12.6. The quantitative estimate of drug-likeness (QED) is 0.793. The first-order valence-corrected chi connectivity index (χ1v) is 5.12. The van der Waals surface area contributed by atoms with E-state index < -0.39 is 0 Å². The standard InChI is InChI=1S/C12H19NO/c1-4-10(2)13(3)12-8-6-5-7-11(12)9-14/h5-8,10,14H,4,9H2,1-3H3. The highest BCUT2D eigenvalue weighted by molar-refractivity contribution is 5.53. The number of aliphatic hydroxyl groups excluding tert-OH is 1. The average molecular weight is 193 g/mol. The van der Waals surface area contributed by atoms with Crippen molar-refractivity contribution in [3.05, 3.63) is 29.8 Å². The number of rotatable bonds is 4. The molecule has 1 unspecified atom stereocenters. The summed E-state index contributed by atoms with van der Waals surface area (Å²) >= 11 is 0. The average Bonchev–Trinajstić information content (AvgIpc) is 2.26. The van der Waals surface area contributed by atoms with Gasteiger partial charge in [-0.1, -0.05) is 25.1 Å². The molecule has 1 N–H and O–H groups in total. The van der Waals surface area contributed by atoms with Gasteiger partial charge in [0.25, 0.3) is 0 Å². The minimum Gasteiger partial charge on any atom is -0.392 e. The number of anilines is 1. The molecule has 78 valence electrons. The molecule has 2 nitrogen and oxygen atoms in total. The van der Waals surface area contributed by atoms with Crippen LogP contribution in [-0.4, -0.2) is 18.2 Å². The Bertz CT molecular complexity index is 285. The summed E-state index contributed by atoms with van der Waals surface area (Å²) in [5.74, 6) is 0. The molecule has 0 radical (unpaired) electrons. The van der Waals surface area contributed by atoms with Gasteiger partial charge in [0, 0.05) is 24.3 Å². The van der Waals surface area contributed by atoms with E-state index in [0.29, 0.717) is 6.04 Å². The van der Waals surface area contributed by atoms with Crippen molar-refractivity contribution in [3.8, 4) is 0 Å². The lowest BCUT2D eigenvalue weighted by atomic mass is 10.1. The van der Waals surface area contributed by atoms with E-state index in [9.17, 15) is 5.11 Å². The Labute approximate surface area is 86.2 Å². The molecule has 14 heavy (non-hydrogen) atoms. The van der Waals surface area contributed by atoms with Gasteiger partial charge in [-0.15, -0.1) is 0 Å². The number of hydrogen-bond donors (Lipinski definition) is 1. The molecular formula is C12H19NO. The molecule has 0 bridgehead atoms. The van der Waals surface area contributed by atoms with Gasteiger partial charge in [-0.05, 0) is 19.4 Å². The first-order valence-electron chi connectivity index (χ1n) is 5.12. The van der Waals surface area contributed by atoms with Crippen LogP contribution in [0.2, 0.25) is 0 Å². The third-order valence-electron chi connectivity index (χ3n) is 2.79. The maximum Gasteiger partial charge on any atom is 0.0702 e. The summed E-state index contributed by atoms with van der Waals surface area (Å²) in [6.45, 7) is 4.47. The Kier molecular flexibility index (Phi) is 3.96. The molecule has 0 heterocycles. The molecule has 0 aromatic heterocycles. The lowest BCUT2D eigenvalue weighted by Gasteiger charge is -2.27. The van der Waals surface area contributed by atoms with Gasteiger partial charge in [-0.2, -0.15) is 0 Å². The summed E-state index contributed by atoms with van der Waals surface area (Å²) in [5, 5.41) is 9.20. The number of hydrogen-bond acceptors (Lipinski definition) is 2. The molecule has 0 amide bonds. The van der Waals surface area contributed by atoms with Crippen molar-refractivity contribution in [2.24, 2.45) is 0 Å². The van der Waals surface area contributed by atoms with Crippen LogP contribution in [0.1, 0.15) is 25.8 Å². The Morgan fingerprint density at radius 1 is 1.36 bits per heavy atom. The number of para-hydroxylation sites is 1. The van der Waals surface area contributed by atoms with E-state index >= 15 is 0 Å². The van der Waals surface area contributed by atoms with Crippen LogP contribution in [0.25, 0.3) is 0 Å². The van der Waals surface area contributed by atoms with Crippen LogP contribution in [0, 0.1) is 0 Å². The molecule has 1 aromatic carbocycles. The summed E-state index contributed by atoms with van der Waals surface area (Å²) in [6, 6.07) is 8.49. The molecule has 0 spiro atoms. The van der Waals surface area contributed by atoms with Crippen molar-refractivity contribution >= 4 is 5.69 Å². The monoisotopic (exact) mass is 193 g/mol. The third-order valence-corrected chi connectivity index (χ3v) is 2.79. The molecule has 0 saturated heterocycles. The van der Waals surface area contributed by atoms with Crippen molar-refractivity contribution in [2.75, 3.05) is 11.9 Å². The van der Waals surface area contributed by atoms with E-state index in [1.165, 1.54) is 0 Å². The van der Waals surface area contributed by atoms with Crippen LogP contribution in [0.15, 0.2) is 24.3 Å². The second kappa shape index (κ2) is 5.01. The summed E-state index contributed by atoms with van der Waals surface area (Å²) < 4.78 is 0. The molecule has 1 aromatic rings. The van der Waals surface area contributed by atoms with Gasteiger partial charge in [-0.25, -0.2) is 0 Å². The molecule has 0 saturated carbocycles. The Balaban J connectivity index is 2.93. The molecule has 1 atom stereocenters. The maximum atomic E-state index is 9.20. The van der Waals surface area contributed by atoms with E-state index in [4.69, 9.17) is 0 Å². The molecule has 1 rings (SSSR count). The minimum atomic E-state index is 0.108. The molecule has 0 fully saturated rings. The zero-order valence-corrected chi connectivity index (χ0v) is 9.20. The second-order valence-electron chi connectivity index (χ2n) is 3.66. The first-order chi connectivity index (χ1) is 6.70. The van der Waals surface area contributed by atoms with Gasteiger partial charge < -0.3 is 10.0 Å². The molecule has 0 aliphatic rings. The minimum absolute atomic E-state index is 0.108. The van der Waals surface area contributed by atoms with Gasteiger partial charge in [0.2, 0.25) is 0 Å². The van der Waals surface area contributed by atoms with E-state index in [-0.39, 0.29) is 6.61 Å². The highest BCUT2D eigenvalue weighted by Crippen LogP contribution is 2.21.